The number of allylic oxidation sites excluding steroid dienone is 1. The first kappa shape index (κ1) is 17.7. The minimum absolute atomic E-state index is 0.101. The molecule has 0 aliphatic carbocycles. The highest BCUT2D eigenvalue weighted by molar-refractivity contribution is 5.56. The lowest BCUT2D eigenvalue weighted by Gasteiger charge is -2.00. The number of non-ortho nitro benzene ring substituents is 1. The van der Waals surface area contributed by atoms with Gasteiger partial charge in [0.15, 0.2) is 0 Å². The standard InChI is InChI=1S/C16H21NO5/c18-16(19)22-13-7-5-3-1-2-4-6-8-14-9-11-15(12-10-14)17(20)21/h6,8-12H,1-5,7,13H2,(H,18,19). The summed E-state index contributed by atoms with van der Waals surface area (Å²) in [6.45, 7) is 0.273. The first-order valence-corrected chi connectivity index (χ1v) is 7.36. The molecule has 1 aromatic carbocycles. The van der Waals surface area contributed by atoms with Gasteiger partial charge in [0.25, 0.3) is 5.69 Å². The summed E-state index contributed by atoms with van der Waals surface area (Å²) in [6.07, 6.45) is 8.75. The maximum Gasteiger partial charge on any atom is 0.505 e. The van der Waals surface area contributed by atoms with Crippen LogP contribution in [0.15, 0.2) is 30.3 Å². The third-order valence-corrected chi connectivity index (χ3v) is 3.15. The fourth-order valence-corrected chi connectivity index (χ4v) is 1.98. The largest absolute Gasteiger partial charge is 0.505 e. The minimum Gasteiger partial charge on any atom is -0.450 e. The molecule has 0 aromatic heterocycles. The van der Waals surface area contributed by atoms with Gasteiger partial charge in [-0.05, 0) is 37.0 Å². The second-order valence-electron chi connectivity index (χ2n) is 4.92. The van der Waals surface area contributed by atoms with Gasteiger partial charge in [-0.15, -0.1) is 0 Å². The summed E-state index contributed by atoms with van der Waals surface area (Å²) < 4.78 is 4.42. The predicted molar refractivity (Wildman–Crippen MR) is 83.8 cm³/mol. The van der Waals surface area contributed by atoms with Crippen molar-refractivity contribution < 1.29 is 19.6 Å². The second-order valence-corrected chi connectivity index (χ2v) is 4.92. The Morgan fingerprint density at radius 2 is 1.77 bits per heavy atom. The average Bonchev–Trinajstić information content (AvgIpc) is 2.49. The molecule has 22 heavy (non-hydrogen) atoms. The van der Waals surface area contributed by atoms with Crippen molar-refractivity contribution in [1.29, 1.82) is 0 Å². The minimum atomic E-state index is -1.21. The molecular formula is C16H21NO5. The summed E-state index contributed by atoms with van der Waals surface area (Å²) in [6, 6.07) is 6.46. The van der Waals surface area contributed by atoms with Crippen molar-refractivity contribution in [2.75, 3.05) is 6.61 Å². The van der Waals surface area contributed by atoms with Gasteiger partial charge in [0.05, 0.1) is 11.5 Å². The van der Waals surface area contributed by atoms with Crippen LogP contribution in [0.5, 0.6) is 0 Å². The molecule has 0 atom stereocenters. The SMILES string of the molecule is O=C(O)OCCCCCCCC=Cc1ccc([N+](=O)[O-])cc1. The summed E-state index contributed by atoms with van der Waals surface area (Å²) >= 11 is 0. The van der Waals surface area contributed by atoms with E-state index in [9.17, 15) is 14.9 Å². The lowest BCUT2D eigenvalue weighted by atomic mass is 10.1. The van der Waals surface area contributed by atoms with Crippen LogP contribution in [0.25, 0.3) is 6.08 Å². The third kappa shape index (κ3) is 8.04. The quantitative estimate of drug-likeness (QED) is 0.294. The van der Waals surface area contributed by atoms with Gasteiger partial charge in [-0.25, -0.2) is 4.79 Å². The van der Waals surface area contributed by atoms with E-state index in [4.69, 9.17) is 5.11 Å². The molecule has 120 valence electrons. The Morgan fingerprint density at radius 3 is 2.41 bits per heavy atom. The highest BCUT2D eigenvalue weighted by Crippen LogP contribution is 2.13. The molecule has 0 saturated heterocycles. The number of hydrogen-bond acceptors (Lipinski definition) is 4. The van der Waals surface area contributed by atoms with Crippen LogP contribution in [0.3, 0.4) is 0 Å². The molecule has 0 radical (unpaired) electrons. The monoisotopic (exact) mass is 307 g/mol. The highest BCUT2D eigenvalue weighted by Gasteiger charge is 2.01. The van der Waals surface area contributed by atoms with E-state index >= 15 is 0 Å². The summed E-state index contributed by atoms with van der Waals surface area (Å²) in [4.78, 5) is 20.2. The van der Waals surface area contributed by atoms with Gasteiger partial charge in [-0.3, -0.25) is 10.1 Å². The topological polar surface area (TPSA) is 89.7 Å². The van der Waals surface area contributed by atoms with Gasteiger partial charge in [0.2, 0.25) is 0 Å². The highest BCUT2D eigenvalue weighted by atomic mass is 16.7. The summed E-state index contributed by atoms with van der Waals surface area (Å²) in [5, 5.41) is 18.8. The van der Waals surface area contributed by atoms with Crippen LogP contribution < -0.4 is 0 Å². The molecule has 0 unspecified atom stereocenters. The first-order chi connectivity index (χ1) is 10.6. The molecule has 1 N–H and O–H groups in total. The molecule has 0 spiro atoms. The number of nitro benzene ring substituents is 1. The Kier molecular flexibility index (Phi) is 8.33. The molecule has 6 heteroatoms. The third-order valence-electron chi connectivity index (χ3n) is 3.15. The Hall–Kier alpha value is -2.37. The van der Waals surface area contributed by atoms with Crippen molar-refractivity contribution >= 4 is 17.9 Å². The van der Waals surface area contributed by atoms with Gasteiger partial charge >= 0.3 is 6.16 Å². The molecule has 0 saturated carbocycles. The van der Waals surface area contributed by atoms with Gasteiger partial charge in [0.1, 0.15) is 0 Å². The Labute approximate surface area is 129 Å². The first-order valence-electron chi connectivity index (χ1n) is 7.36. The Bertz CT molecular complexity index is 496. The van der Waals surface area contributed by atoms with Crippen LogP contribution in [0.1, 0.15) is 44.1 Å². The molecule has 1 aromatic rings. The lowest BCUT2D eigenvalue weighted by molar-refractivity contribution is -0.384. The van der Waals surface area contributed by atoms with E-state index in [2.05, 4.69) is 10.8 Å². The van der Waals surface area contributed by atoms with Crippen LogP contribution >= 0.6 is 0 Å². The fourth-order valence-electron chi connectivity index (χ4n) is 1.98. The van der Waals surface area contributed by atoms with E-state index in [0.717, 1.165) is 44.1 Å². The zero-order valence-corrected chi connectivity index (χ0v) is 12.4. The normalized spacial score (nSPS) is 10.7. The Morgan fingerprint density at radius 1 is 1.14 bits per heavy atom. The number of hydrogen-bond donors (Lipinski definition) is 1. The molecule has 0 bridgehead atoms. The van der Waals surface area contributed by atoms with Crippen molar-refractivity contribution in [2.45, 2.75) is 38.5 Å². The van der Waals surface area contributed by atoms with Gasteiger partial charge in [-0.2, -0.15) is 0 Å². The lowest BCUT2D eigenvalue weighted by Crippen LogP contribution is -2.01. The fraction of sp³-hybridized carbons (Fsp3) is 0.438. The molecule has 6 nitrogen and oxygen atoms in total. The van der Waals surface area contributed by atoms with E-state index in [1.54, 1.807) is 12.1 Å². The van der Waals surface area contributed by atoms with Crippen molar-refractivity contribution in [3.63, 3.8) is 0 Å². The molecule has 0 amide bonds. The zero-order valence-electron chi connectivity index (χ0n) is 12.4. The summed E-state index contributed by atoms with van der Waals surface area (Å²) in [5.74, 6) is 0. The van der Waals surface area contributed by atoms with Gasteiger partial charge in [-0.1, -0.05) is 31.4 Å². The van der Waals surface area contributed by atoms with Crippen LogP contribution in [-0.2, 0) is 4.74 Å². The van der Waals surface area contributed by atoms with Crippen molar-refractivity contribution in [1.82, 2.24) is 0 Å². The van der Waals surface area contributed by atoms with E-state index in [-0.39, 0.29) is 12.3 Å². The Balaban J connectivity index is 2.06. The van der Waals surface area contributed by atoms with E-state index in [1.807, 2.05) is 6.08 Å². The molecule has 0 heterocycles. The average molecular weight is 307 g/mol. The number of carboxylic acid groups (broad SMARTS) is 1. The maximum absolute atomic E-state index is 10.5. The van der Waals surface area contributed by atoms with Gasteiger partial charge in [0, 0.05) is 12.1 Å². The maximum atomic E-state index is 10.5. The van der Waals surface area contributed by atoms with Crippen molar-refractivity contribution in [2.24, 2.45) is 0 Å². The molecule has 0 fully saturated rings. The van der Waals surface area contributed by atoms with Crippen molar-refractivity contribution in [3.05, 3.63) is 46.0 Å². The molecule has 0 aliphatic rings. The number of nitro groups is 1. The number of ether oxygens (including phenoxy) is 1. The van der Waals surface area contributed by atoms with Crippen LogP contribution in [-0.4, -0.2) is 22.8 Å². The molecule has 0 aliphatic heterocycles. The van der Waals surface area contributed by atoms with E-state index in [0.29, 0.717) is 0 Å². The molecular weight excluding hydrogens is 286 g/mol. The van der Waals surface area contributed by atoms with E-state index in [1.165, 1.54) is 12.1 Å². The number of benzene rings is 1. The van der Waals surface area contributed by atoms with Crippen molar-refractivity contribution in [3.8, 4) is 0 Å². The predicted octanol–water partition coefficient (Wildman–Crippen LogP) is 4.64. The summed E-state index contributed by atoms with van der Waals surface area (Å²) in [7, 11) is 0. The van der Waals surface area contributed by atoms with E-state index < -0.39 is 11.1 Å². The summed E-state index contributed by atoms with van der Waals surface area (Å²) in [5.41, 5.74) is 1.06. The second kappa shape index (κ2) is 10.4. The number of nitrogens with zero attached hydrogens (tertiary/aromatic N) is 1. The molecule has 1 rings (SSSR count). The van der Waals surface area contributed by atoms with Crippen LogP contribution in [0.2, 0.25) is 0 Å². The number of carbonyl (C=O) groups is 1. The van der Waals surface area contributed by atoms with Crippen LogP contribution in [0, 0.1) is 10.1 Å². The smallest absolute Gasteiger partial charge is 0.450 e. The number of rotatable bonds is 10. The number of unbranched alkanes of at least 4 members (excludes halogenated alkanes) is 5. The van der Waals surface area contributed by atoms with Crippen LogP contribution in [0.4, 0.5) is 10.5 Å². The van der Waals surface area contributed by atoms with Gasteiger partial charge < -0.3 is 9.84 Å². The zero-order chi connectivity index (χ0) is 16.2.